The van der Waals surface area contributed by atoms with E-state index >= 15 is 0 Å². The maximum absolute atomic E-state index is 13.6. The zero-order valence-corrected chi connectivity index (χ0v) is 14.4. The molecule has 0 aliphatic heterocycles. The molecule has 0 saturated heterocycles. The van der Waals surface area contributed by atoms with Gasteiger partial charge in [0, 0.05) is 17.1 Å². The quantitative estimate of drug-likeness (QED) is 0.796. The number of hydrogen-bond acceptors (Lipinski definition) is 3. The van der Waals surface area contributed by atoms with Gasteiger partial charge in [-0.1, -0.05) is 15.9 Å². The molecular formula is C15H20BrFN2O3. The van der Waals surface area contributed by atoms with Crippen LogP contribution in [-0.4, -0.2) is 42.5 Å². The second kappa shape index (κ2) is 8.73. The Kier molecular flexibility index (Phi) is 7.31. The van der Waals surface area contributed by atoms with Crippen molar-refractivity contribution in [1.82, 2.24) is 10.2 Å². The first-order valence-electron chi connectivity index (χ1n) is 6.98. The lowest BCUT2D eigenvalue weighted by Gasteiger charge is -2.21. The van der Waals surface area contributed by atoms with Crippen molar-refractivity contribution in [2.75, 3.05) is 19.7 Å². The molecule has 0 bridgehead atoms. The molecule has 2 amide bonds. The van der Waals surface area contributed by atoms with Crippen LogP contribution in [0.25, 0.3) is 0 Å². The third-order valence-corrected chi connectivity index (χ3v) is 3.26. The molecule has 0 aliphatic rings. The van der Waals surface area contributed by atoms with Gasteiger partial charge in [0.2, 0.25) is 5.91 Å². The molecule has 1 aromatic rings. The van der Waals surface area contributed by atoms with E-state index in [1.54, 1.807) is 13.0 Å². The monoisotopic (exact) mass is 374 g/mol. The van der Waals surface area contributed by atoms with Gasteiger partial charge in [-0.05, 0) is 39.0 Å². The molecule has 5 nitrogen and oxygen atoms in total. The molecule has 122 valence electrons. The van der Waals surface area contributed by atoms with E-state index in [-0.39, 0.29) is 36.8 Å². The topological polar surface area (TPSA) is 58.6 Å². The van der Waals surface area contributed by atoms with Crippen molar-refractivity contribution >= 4 is 27.7 Å². The van der Waals surface area contributed by atoms with Crippen molar-refractivity contribution in [2.24, 2.45) is 0 Å². The fourth-order valence-electron chi connectivity index (χ4n) is 1.74. The summed E-state index contributed by atoms with van der Waals surface area (Å²) in [6.45, 7) is 5.46. The summed E-state index contributed by atoms with van der Waals surface area (Å²) in [5.74, 6) is -1.16. The lowest BCUT2D eigenvalue weighted by atomic mass is 10.3. The number of hydrogen-bond donors (Lipinski definition) is 1. The molecule has 0 spiro atoms. The average Bonchev–Trinajstić information content (AvgIpc) is 2.42. The Morgan fingerprint density at radius 2 is 2.09 bits per heavy atom. The second-order valence-electron chi connectivity index (χ2n) is 4.99. The van der Waals surface area contributed by atoms with E-state index in [0.29, 0.717) is 11.0 Å². The Morgan fingerprint density at radius 1 is 1.41 bits per heavy atom. The minimum atomic E-state index is -0.553. The van der Waals surface area contributed by atoms with E-state index in [1.165, 1.54) is 17.0 Å². The molecule has 0 saturated carbocycles. The smallest absolute Gasteiger partial charge is 0.260 e. The first-order valence-corrected chi connectivity index (χ1v) is 7.77. The zero-order valence-electron chi connectivity index (χ0n) is 12.9. The van der Waals surface area contributed by atoms with Crippen LogP contribution in [0.3, 0.4) is 0 Å². The summed E-state index contributed by atoms with van der Waals surface area (Å²) in [7, 11) is 0. The molecular weight excluding hydrogens is 355 g/mol. The van der Waals surface area contributed by atoms with Crippen molar-refractivity contribution in [3.8, 4) is 5.75 Å². The molecule has 1 N–H and O–H groups in total. The van der Waals surface area contributed by atoms with E-state index in [4.69, 9.17) is 4.74 Å². The highest BCUT2D eigenvalue weighted by molar-refractivity contribution is 9.10. The number of rotatable bonds is 7. The van der Waals surface area contributed by atoms with Gasteiger partial charge >= 0.3 is 0 Å². The highest BCUT2D eigenvalue weighted by Gasteiger charge is 2.17. The summed E-state index contributed by atoms with van der Waals surface area (Å²) in [5, 5.41) is 2.71. The van der Waals surface area contributed by atoms with Gasteiger partial charge in [-0.3, -0.25) is 9.59 Å². The minimum Gasteiger partial charge on any atom is -0.481 e. The van der Waals surface area contributed by atoms with Gasteiger partial charge in [0.15, 0.2) is 18.2 Å². The summed E-state index contributed by atoms with van der Waals surface area (Å²) in [5.41, 5.74) is 0. The second-order valence-corrected chi connectivity index (χ2v) is 5.91. The number of carbonyl (C=O) groups is 2. The van der Waals surface area contributed by atoms with Crippen molar-refractivity contribution in [1.29, 1.82) is 0 Å². The van der Waals surface area contributed by atoms with Crippen LogP contribution in [0.15, 0.2) is 22.7 Å². The summed E-state index contributed by atoms with van der Waals surface area (Å²) in [6.07, 6.45) is 0. The Balaban J connectivity index is 2.56. The first kappa shape index (κ1) is 18.4. The SMILES string of the molecule is CCN(CC(=O)NC(C)C)C(=O)COc1ccc(Br)cc1F. The summed E-state index contributed by atoms with van der Waals surface area (Å²) in [4.78, 5) is 25.1. The molecule has 0 atom stereocenters. The minimum absolute atomic E-state index is 0.000708. The molecule has 1 aromatic carbocycles. The summed E-state index contributed by atoms with van der Waals surface area (Å²) < 4.78 is 19.4. The largest absolute Gasteiger partial charge is 0.481 e. The van der Waals surface area contributed by atoms with Crippen LogP contribution in [0.4, 0.5) is 4.39 Å². The van der Waals surface area contributed by atoms with Gasteiger partial charge in [-0.25, -0.2) is 4.39 Å². The number of halogens is 2. The summed E-state index contributed by atoms with van der Waals surface area (Å²) >= 11 is 3.14. The van der Waals surface area contributed by atoms with Gasteiger partial charge in [0.25, 0.3) is 5.91 Å². The van der Waals surface area contributed by atoms with E-state index in [1.807, 2.05) is 13.8 Å². The van der Waals surface area contributed by atoms with E-state index in [2.05, 4.69) is 21.2 Å². The van der Waals surface area contributed by atoms with Crippen LogP contribution in [0.5, 0.6) is 5.75 Å². The molecule has 1 rings (SSSR count). The van der Waals surface area contributed by atoms with Crippen molar-refractivity contribution in [2.45, 2.75) is 26.8 Å². The molecule has 0 heterocycles. The predicted octanol–water partition coefficient (Wildman–Crippen LogP) is 2.34. The van der Waals surface area contributed by atoms with Gasteiger partial charge in [0.05, 0.1) is 6.54 Å². The van der Waals surface area contributed by atoms with E-state index in [0.717, 1.165) is 0 Å². The molecule has 0 radical (unpaired) electrons. The molecule has 22 heavy (non-hydrogen) atoms. The van der Waals surface area contributed by atoms with Gasteiger partial charge in [-0.2, -0.15) is 0 Å². The van der Waals surface area contributed by atoms with Crippen molar-refractivity contribution < 1.29 is 18.7 Å². The van der Waals surface area contributed by atoms with Crippen LogP contribution in [0.2, 0.25) is 0 Å². The molecule has 0 aromatic heterocycles. The highest BCUT2D eigenvalue weighted by atomic mass is 79.9. The van der Waals surface area contributed by atoms with Crippen LogP contribution in [0.1, 0.15) is 20.8 Å². The summed E-state index contributed by atoms with van der Waals surface area (Å²) in [6, 6.07) is 4.33. The number of nitrogens with zero attached hydrogens (tertiary/aromatic N) is 1. The van der Waals surface area contributed by atoms with Crippen molar-refractivity contribution in [3.63, 3.8) is 0 Å². The van der Waals surface area contributed by atoms with Gasteiger partial charge < -0.3 is 15.0 Å². The van der Waals surface area contributed by atoms with Crippen molar-refractivity contribution in [3.05, 3.63) is 28.5 Å². The Morgan fingerprint density at radius 3 is 2.64 bits per heavy atom. The highest BCUT2D eigenvalue weighted by Crippen LogP contribution is 2.21. The fraction of sp³-hybridized carbons (Fsp3) is 0.467. The van der Waals surface area contributed by atoms with E-state index < -0.39 is 5.82 Å². The Hall–Kier alpha value is -1.63. The number of nitrogens with one attached hydrogen (secondary N) is 1. The molecule has 7 heteroatoms. The number of benzene rings is 1. The average molecular weight is 375 g/mol. The third kappa shape index (κ3) is 6.01. The molecule has 0 fully saturated rings. The van der Waals surface area contributed by atoms with Crippen LogP contribution in [-0.2, 0) is 9.59 Å². The third-order valence-electron chi connectivity index (χ3n) is 2.76. The number of ether oxygens (including phenoxy) is 1. The number of likely N-dealkylation sites (N-methyl/N-ethyl adjacent to an activating group) is 1. The maximum atomic E-state index is 13.6. The number of carbonyl (C=O) groups excluding carboxylic acids is 2. The number of amides is 2. The lowest BCUT2D eigenvalue weighted by molar-refractivity contribution is -0.137. The standard InChI is InChI=1S/C15H20BrFN2O3/c1-4-19(8-14(20)18-10(2)3)15(21)9-22-13-6-5-11(16)7-12(13)17/h5-7,10H,4,8-9H2,1-3H3,(H,18,20). The first-order chi connectivity index (χ1) is 10.3. The van der Waals surface area contributed by atoms with Crippen LogP contribution >= 0.6 is 15.9 Å². The normalized spacial score (nSPS) is 10.5. The lowest BCUT2D eigenvalue weighted by Crippen LogP contribution is -2.44. The Labute approximate surface area is 137 Å². The van der Waals surface area contributed by atoms with Gasteiger partial charge in [-0.15, -0.1) is 0 Å². The van der Waals surface area contributed by atoms with Crippen LogP contribution in [0, 0.1) is 5.82 Å². The van der Waals surface area contributed by atoms with E-state index in [9.17, 15) is 14.0 Å². The van der Waals surface area contributed by atoms with Gasteiger partial charge in [0.1, 0.15) is 0 Å². The predicted molar refractivity (Wildman–Crippen MR) is 85.1 cm³/mol. The zero-order chi connectivity index (χ0) is 16.7. The Bertz CT molecular complexity index is 538. The fourth-order valence-corrected chi connectivity index (χ4v) is 2.07. The molecule has 0 unspecified atom stereocenters. The maximum Gasteiger partial charge on any atom is 0.260 e. The van der Waals surface area contributed by atoms with Crippen LogP contribution < -0.4 is 10.1 Å². The molecule has 0 aliphatic carbocycles.